The van der Waals surface area contributed by atoms with Gasteiger partial charge in [-0.15, -0.1) is 0 Å². The van der Waals surface area contributed by atoms with Gasteiger partial charge in [0.25, 0.3) is 10.0 Å². The quantitative estimate of drug-likeness (QED) is 0.716. The van der Waals surface area contributed by atoms with Crippen LogP contribution in [0.3, 0.4) is 0 Å². The molecule has 3 aromatic rings. The number of carboxylic acids is 1. The summed E-state index contributed by atoms with van der Waals surface area (Å²) >= 11 is 0. The number of aromatic carboxylic acids is 1. The predicted molar refractivity (Wildman–Crippen MR) is 94.7 cm³/mol. The van der Waals surface area contributed by atoms with Gasteiger partial charge in [0.15, 0.2) is 0 Å². The maximum absolute atomic E-state index is 14.1. The molecule has 6 nitrogen and oxygen atoms in total. The Morgan fingerprint density at radius 1 is 1.12 bits per heavy atom. The molecule has 8 heteroatoms. The van der Waals surface area contributed by atoms with Gasteiger partial charge in [0.05, 0.1) is 16.1 Å². The van der Waals surface area contributed by atoms with Crippen LogP contribution in [-0.4, -0.2) is 24.1 Å². The average molecular weight is 374 g/mol. The van der Waals surface area contributed by atoms with Gasteiger partial charge in [0, 0.05) is 18.1 Å². The molecule has 0 saturated heterocycles. The molecule has 0 radical (unpaired) electrons. The molecule has 0 aliphatic heterocycles. The highest BCUT2D eigenvalue weighted by Gasteiger charge is 2.21. The Balaban J connectivity index is 2.02. The molecule has 0 atom stereocenters. The molecule has 1 aromatic heterocycles. The standard InChI is InChI=1S/C18H15FN2O4S/c1-12-4-5-13(18(22)23)10-17(12)26(24,25)20-16-11-14(6-7-15(16)19)21-8-2-3-9-21/h2-11,20H,1H3,(H,22,23). The Hall–Kier alpha value is -3.13. The van der Waals surface area contributed by atoms with Crippen molar-refractivity contribution in [1.82, 2.24) is 4.57 Å². The van der Waals surface area contributed by atoms with Crippen molar-refractivity contribution in [2.75, 3.05) is 4.72 Å². The lowest BCUT2D eigenvalue weighted by Gasteiger charge is -2.13. The number of carboxylic acid groups (broad SMARTS) is 1. The van der Waals surface area contributed by atoms with Crippen LogP contribution < -0.4 is 4.72 Å². The van der Waals surface area contributed by atoms with Crippen LogP contribution in [0.5, 0.6) is 0 Å². The minimum Gasteiger partial charge on any atom is -0.478 e. The van der Waals surface area contributed by atoms with Crippen molar-refractivity contribution in [2.45, 2.75) is 11.8 Å². The molecule has 0 aliphatic rings. The number of rotatable bonds is 5. The van der Waals surface area contributed by atoms with Crippen molar-refractivity contribution in [2.24, 2.45) is 0 Å². The highest BCUT2D eigenvalue weighted by atomic mass is 32.2. The van der Waals surface area contributed by atoms with E-state index in [1.54, 1.807) is 29.1 Å². The Morgan fingerprint density at radius 2 is 1.81 bits per heavy atom. The van der Waals surface area contributed by atoms with E-state index in [2.05, 4.69) is 4.72 Å². The summed E-state index contributed by atoms with van der Waals surface area (Å²) < 4.78 is 43.4. The van der Waals surface area contributed by atoms with Gasteiger partial charge in [-0.05, 0) is 55.0 Å². The highest BCUT2D eigenvalue weighted by Crippen LogP contribution is 2.24. The fraction of sp³-hybridized carbons (Fsp3) is 0.0556. The van der Waals surface area contributed by atoms with Gasteiger partial charge in [-0.25, -0.2) is 17.6 Å². The molecule has 2 N–H and O–H groups in total. The number of aryl methyl sites for hydroxylation is 1. The number of hydrogen-bond donors (Lipinski definition) is 2. The maximum atomic E-state index is 14.1. The van der Waals surface area contributed by atoms with Crippen molar-refractivity contribution >= 4 is 21.7 Å². The zero-order valence-corrected chi connectivity index (χ0v) is 14.5. The van der Waals surface area contributed by atoms with Crippen LogP contribution in [0.1, 0.15) is 15.9 Å². The van der Waals surface area contributed by atoms with Crippen molar-refractivity contribution in [3.8, 4) is 5.69 Å². The Bertz CT molecular complexity index is 1080. The van der Waals surface area contributed by atoms with Crippen molar-refractivity contribution < 1.29 is 22.7 Å². The number of anilines is 1. The van der Waals surface area contributed by atoms with E-state index in [-0.39, 0.29) is 16.1 Å². The second kappa shape index (κ2) is 6.64. The normalized spacial score (nSPS) is 11.3. The monoisotopic (exact) mass is 374 g/mol. The van der Waals surface area contributed by atoms with Gasteiger partial charge in [-0.2, -0.15) is 0 Å². The van der Waals surface area contributed by atoms with Gasteiger partial charge >= 0.3 is 5.97 Å². The molecular formula is C18H15FN2O4S. The molecular weight excluding hydrogens is 359 g/mol. The molecule has 26 heavy (non-hydrogen) atoms. The largest absolute Gasteiger partial charge is 0.478 e. The van der Waals surface area contributed by atoms with E-state index in [0.717, 1.165) is 12.1 Å². The molecule has 0 amide bonds. The van der Waals surface area contributed by atoms with Crippen LogP contribution in [0.15, 0.2) is 65.8 Å². The summed E-state index contributed by atoms with van der Waals surface area (Å²) in [6.45, 7) is 1.53. The van der Waals surface area contributed by atoms with Crippen LogP contribution in [0, 0.1) is 12.7 Å². The maximum Gasteiger partial charge on any atom is 0.335 e. The molecule has 0 fully saturated rings. The fourth-order valence-electron chi connectivity index (χ4n) is 2.48. The van der Waals surface area contributed by atoms with E-state index in [0.29, 0.717) is 11.3 Å². The number of hydrogen-bond acceptors (Lipinski definition) is 3. The van der Waals surface area contributed by atoms with E-state index in [4.69, 9.17) is 5.11 Å². The van der Waals surface area contributed by atoms with Crippen LogP contribution in [0.4, 0.5) is 10.1 Å². The van der Waals surface area contributed by atoms with Gasteiger partial charge in [-0.3, -0.25) is 4.72 Å². The number of sulfonamides is 1. The Labute approximate surface area is 149 Å². The number of aromatic nitrogens is 1. The first-order chi connectivity index (χ1) is 12.3. The lowest BCUT2D eigenvalue weighted by molar-refractivity contribution is 0.0696. The summed E-state index contributed by atoms with van der Waals surface area (Å²) in [6, 6.07) is 11.4. The third-order valence-corrected chi connectivity index (χ3v) is 5.33. The highest BCUT2D eigenvalue weighted by molar-refractivity contribution is 7.92. The first-order valence-electron chi connectivity index (χ1n) is 7.57. The Kier molecular flexibility index (Phi) is 4.52. The predicted octanol–water partition coefficient (Wildman–Crippen LogP) is 3.42. The van der Waals surface area contributed by atoms with E-state index < -0.39 is 21.8 Å². The summed E-state index contributed by atoms with van der Waals surface area (Å²) in [6.07, 6.45) is 3.48. The van der Waals surface area contributed by atoms with E-state index in [1.165, 1.54) is 31.2 Å². The molecule has 0 unspecified atom stereocenters. The second-order valence-corrected chi connectivity index (χ2v) is 7.30. The van der Waals surface area contributed by atoms with Crippen LogP contribution in [0.25, 0.3) is 5.69 Å². The number of halogens is 1. The molecule has 1 heterocycles. The van der Waals surface area contributed by atoms with Crippen LogP contribution >= 0.6 is 0 Å². The van der Waals surface area contributed by atoms with Gasteiger partial charge in [0.2, 0.25) is 0 Å². The minimum atomic E-state index is -4.17. The first kappa shape index (κ1) is 17.7. The lowest BCUT2D eigenvalue weighted by Crippen LogP contribution is -2.16. The molecule has 2 aromatic carbocycles. The first-order valence-corrected chi connectivity index (χ1v) is 9.06. The second-order valence-electron chi connectivity index (χ2n) is 5.65. The van der Waals surface area contributed by atoms with E-state index in [1.807, 2.05) is 0 Å². The summed E-state index contributed by atoms with van der Waals surface area (Å²) in [7, 11) is -4.17. The molecule has 0 spiro atoms. The van der Waals surface area contributed by atoms with Gasteiger partial charge < -0.3 is 9.67 Å². The number of nitrogens with one attached hydrogen (secondary N) is 1. The smallest absolute Gasteiger partial charge is 0.335 e. The zero-order chi connectivity index (χ0) is 18.9. The minimum absolute atomic E-state index is 0.169. The number of carbonyl (C=O) groups is 1. The Morgan fingerprint density at radius 3 is 2.46 bits per heavy atom. The molecule has 0 bridgehead atoms. The molecule has 0 aliphatic carbocycles. The van der Waals surface area contributed by atoms with Crippen molar-refractivity contribution in [3.63, 3.8) is 0 Å². The lowest BCUT2D eigenvalue weighted by atomic mass is 10.1. The summed E-state index contributed by atoms with van der Waals surface area (Å²) in [5.41, 5.74) is 0.531. The summed E-state index contributed by atoms with van der Waals surface area (Å²) in [5.74, 6) is -1.99. The third-order valence-electron chi connectivity index (χ3n) is 3.82. The van der Waals surface area contributed by atoms with Gasteiger partial charge in [0.1, 0.15) is 5.82 Å². The number of benzene rings is 2. The zero-order valence-electron chi connectivity index (χ0n) is 13.7. The summed E-state index contributed by atoms with van der Waals surface area (Å²) in [5, 5.41) is 9.06. The van der Waals surface area contributed by atoms with E-state index in [9.17, 15) is 17.6 Å². The van der Waals surface area contributed by atoms with Crippen LogP contribution in [0.2, 0.25) is 0 Å². The fourth-order valence-corrected chi connectivity index (χ4v) is 3.81. The van der Waals surface area contributed by atoms with Crippen molar-refractivity contribution in [3.05, 3.63) is 77.9 Å². The van der Waals surface area contributed by atoms with Gasteiger partial charge in [-0.1, -0.05) is 6.07 Å². The van der Waals surface area contributed by atoms with Crippen LogP contribution in [-0.2, 0) is 10.0 Å². The molecule has 134 valence electrons. The third kappa shape index (κ3) is 3.45. The topological polar surface area (TPSA) is 88.4 Å². The molecule has 0 saturated carbocycles. The van der Waals surface area contributed by atoms with Crippen molar-refractivity contribution in [1.29, 1.82) is 0 Å². The summed E-state index contributed by atoms with van der Waals surface area (Å²) in [4.78, 5) is 10.9. The van der Waals surface area contributed by atoms with E-state index >= 15 is 0 Å². The number of nitrogens with zero attached hydrogens (tertiary/aromatic N) is 1. The molecule has 3 rings (SSSR count). The SMILES string of the molecule is Cc1ccc(C(=O)O)cc1S(=O)(=O)Nc1cc(-n2cccc2)ccc1F. The average Bonchev–Trinajstić information content (AvgIpc) is 3.11.